The van der Waals surface area contributed by atoms with Crippen LogP contribution >= 0.6 is 0 Å². The van der Waals surface area contributed by atoms with Crippen molar-refractivity contribution in [3.8, 4) is 0 Å². The van der Waals surface area contributed by atoms with E-state index in [1.807, 2.05) is 0 Å². The molecule has 0 spiro atoms. The lowest BCUT2D eigenvalue weighted by molar-refractivity contribution is -0.126. The number of aromatic nitrogens is 2. The van der Waals surface area contributed by atoms with Gasteiger partial charge in [-0.3, -0.25) is 9.69 Å². The summed E-state index contributed by atoms with van der Waals surface area (Å²) in [6.07, 6.45) is 5.59. The van der Waals surface area contributed by atoms with Crippen LogP contribution < -0.4 is 10.6 Å². The van der Waals surface area contributed by atoms with Crippen molar-refractivity contribution in [1.82, 2.24) is 25.7 Å². The van der Waals surface area contributed by atoms with Crippen molar-refractivity contribution in [1.29, 1.82) is 0 Å². The van der Waals surface area contributed by atoms with Crippen LogP contribution in [0, 0.1) is 0 Å². The van der Waals surface area contributed by atoms with Crippen LogP contribution in [0.2, 0.25) is 0 Å². The van der Waals surface area contributed by atoms with Gasteiger partial charge in [0.15, 0.2) is 5.82 Å². The molecule has 3 rings (SSSR count). The van der Waals surface area contributed by atoms with Gasteiger partial charge >= 0.3 is 0 Å². The fourth-order valence-electron chi connectivity index (χ4n) is 3.20. The molecule has 1 aromatic heterocycles. The number of amides is 1. The molecule has 110 valence electrons. The molecule has 2 saturated heterocycles. The molecular weight excluding hydrogens is 258 g/mol. The normalized spacial score (nSPS) is 24.9. The number of piperidine rings is 1. The maximum atomic E-state index is 12.3. The van der Waals surface area contributed by atoms with Crippen molar-refractivity contribution in [2.45, 2.75) is 44.3 Å². The van der Waals surface area contributed by atoms with Crippen LogP contribution in [0.5, 0.6) is 0 Å². The van der Waals surface area contributed by atoms with E-state index in [0.29, 0.717) is 18.4 Å². The van der Waals surface area contributed by atoms with Crippen LogP contribution in [0.1, 0.15) is 31.5 Å². The molecule has 7 nitrogen and oxygen atoms in total. The van der Waals surface area contributed by atoms with Gasteiger partial charge in [0.05, 0.1) is 12.6 Å². The van der Waals surface area contributed by atoms with Crippen molar-refractivity contribution in [2.75, 3.05) is 19.6 Å². The monoisotopic (exact) mass is 279 g/mol. The fourth-order valence-corrected chi connectivity index (χ4v) is 3.20. The van der Waals surface area contributed by atoms with Gasteiger partial charge in [-0.05, 0) is 45.3 Å². The second-order valence-corrected chi connectivity index (χ2v) is 5.44. The second kappa shape index (κ2) is 6.32. The summed E-state index contributed by atoms with van der Waals surface area (Å²) in [6.45, 7) is 3.48. The summed E-state index contributed by atoms with van der Waals surface area (Å²) in [5.74, 6) is 0.607. The number of hydrogen-bond donors (Lipinski definition) is 2. The molecule has 0 aromatic carbocycles. The highest BCUT2D eigenvalue weighted by atomic mass is 16.5. The number of hydrogen-bond acceptors (Lipinski definition) is 6. The highest BCUT2D eigenvalue weighted by Crippen LogP contribution is 2.24. The van der Waals surface area contributed by atoms with Gasteiger partial charge in [0.1, 0.15) is 0 Å². The van der Waals surface area contributed by atoms with Crippen LogP contribution in [0.3, 0.4) is 0 Å². The minimum Gasteiger partial charge on any atom is -0.347 e. The summed E-state index contributed by atoms with van der Waals surface area (Å²) in [4.78, 5) is 18.6. The van der Waals surface area contributed by atoms with E-state index < -0.39 is 0 Å². The first kappa shape index (κ1) is 13.5. The Hall–Kier alpha value is -1.47. The third kappa shape index (κ3) is 2.99. The Bertz CT molecular complexity index is 430. The number of rotatable bonds is 4. The lowest BCUT2D eigenvalue weighted by Gasteiger charge is -2.35. The summed E-state index contributed by atoms with van der Waals surface area (Å²) >= 11 is 0. The maximum absolute atomic E-state index is 12.3. The SMILES string of the molecule is O=C(NCc1ncon1)C1CCCN1C1CCNCC1. The van der Waals surface area contributed by atoms with Gasteiger partial charge in [0.25, 0.3) is 0 Å². The van der Waals surface area contributed by atoms with Crippen LogP contribution in [-0.4, -0.2) is 52.7 Å². The fraction of sp³-hybridized carbons (Fsp3) is 0.769. The Kier molecular flexibility index (Phi) is 4.27. The van der Waals surface area contributed by atoms with Gasteiger partial charge < -0.3 is 15.2 Å². The molecule has 1 aromatic rings. The number of carbonyl (C=O) groups is 1. The zero-order valence-corrected chi connectivity index (χ0v) is 11.5. The van der Waals surface area contributed by atoms with E-state index in [9.17, 15) is 4.79 Å². The summed E-state index contributed by atoms with van der Waals surface area (Å²) in [6, 6.07) is 0.546. The van der Waals surface area contributed by atoms with Gasteiger partial charge in [-0.25, -0.2) is 0 Å². The largest absolute Gasteiger partial charge is 0.347 e. The Morgan fingerprint density at radius 3 is 3.05 bits per heavy atom. The predicted octanol–water partition coefficient (Wildman–Crippen LogP) is -0.0978. The summed E-state index contributed by atoms with van der Waals surface area (Å²) in [5.41, 5.74) is 0. The molecule has 1 amide bonds. The summed E-state index contributed by atoms with van der Waals surface area (Å²) in [5, 5.41) is 9.99. The van der Waals surface area contributed by atoms with E-state index in [2.05, 4.69) is 30.2 Å². The first-order valence-corrected chi connectivity index (χ1v) is 7.34. The van der Waals surface area contributed by atoms with Crippen molar-refractivity contribution < 1.29 is 9.32 Å². The average molecular weight is 279 g/mol. The molecule has 2 aliphatic heterocycles. The minimum absolute atomic E-state index is 0.00463. The molecular formula is C13H21N5O2. The number of carbonyl (C=O) groups excluding carboxylic acids is 1. The Morgan fingerprint density at radius 1 is 1.45 bits per heavy atom. The molecule has 2 aliphatic rings. The zero-order chi connectivity index (χ0) is 13.8. The molecule has 0 aliphatic carbocycles. The van der Waals surface area contributed by atoms with Crippen molar-refractivity contribution in [3.63, 3.8) is 0 Å². The predicted molar refractivity (Wildman–Crippen MR) is 71.8 cm³/mol. The molecule has 20 heavy (non-hydrogen) atoms. The molecule has 0 saturated carbocycles. The topological polar surface area (TPSA) is 83.3 Å². The Morgan fingerprint density at radius 2 is 2.30 bits per heavy atom. The Balaban J connectivity index is 1.55. The quantitative estimate of drug-likeness (QED) is 0.801. The van der Waals surface area contributed by atoms with Crippen LogP contribution in [0.25, 0.3) is 0 Å². The van der Waals surface area contributed by atoms with E-state index in [1.54, 1.807) is 0 Å². The lowest BCUT2D eigenvalue weighted by atomic mass is 10.0. The van der Waals surface area contributed by atoms with Gasteiger partial charge in [0, 0.05) is 6.04 Å². The summed E-state index contributed by atoms with van der Waals surface area (Å²) in [7, 11) is 0. The van der Waals surface area contributed by atoms with Gasteiger partial charge in [-0.1, -0.05) is 5.16 Å². The third-order valence-corrected chi connectivity index (χ3v) is 4.20. The van der Waals surface area contributed by atoms with Crippen LogP contribution in [0.15, 0.2) is 10.9 Å². The molecule has 0 bridgehead atoms. The van der Waals surface area contributed by atoms with Gasteiger partial charge in [0.2, 0.25) is 12.3 Å². The van der Waals surface area contributed by atoms with Crippen molar-refractivity contribution in [2.24, 2.45) is 0 Å². The van der Waals surface area contributed by atoms with E-state index in [4.69, 9.17) is 0 Å². The standard InChI is InChI=1S/C13H21N5O2/c19-13(15-8-12-16-9-20-17-12)11-2-1-7-18(11)10-3-5-14-6-4-10/h9-11,14H,1-8H2,(H,15,19). The van der Waals surface area contributed by atoms with E-state index in [0.717, 1.165) is 45.3 Å². The second-order valence-electron chi connectivity index (χ2n) is 5.44. The molecule has 0 radical (unpaired) electrons. The number of nitrogens with zero attached hydrogens (tertiary/aromatic N) is 3. The molecule has 1 unspecified atom stereocenters. The minimum atomic E-state index is 0.00463. The van der Waals surface area contributed by atoms with E-state index in [-0.39, 0.29) is 11.9 Å². The van der Waals surface area contributed by atoms with Crippen molar-refractivity contribution in [3.05, 3.63) is 12.2 Å². The van der Waals surface area contributed by atoms with Crippen molar-refractivity contribution >= 4 is 5.91 Å². The highest BCUT2D eigenvalue weighted by Gasteiger charge is 2.35. The van der Waals surface area contributed by atoms with Gasteiger partial charge in [-0.15, -0.1) is 0 Å². The first-order chi connectivity index (χ1) is 9.84. The summed E-state index contributed by atoms with van der Waals surface area (Å²) < 4.78 is 4.66. The van der Waals surface area contributed by atoms with Crippen LogP contribution in [0.4, 0.5) is 0 Å². The molecule has 1 atom stereocenters. The zero-order valence-electron chi connectivity index (χ0n) is 11.5. The number of likely N-dealkylation sites (tertiary alicyclic amines) is 1. The first-order valence-electron chi connectivity index (χ1n) is 7.34. The molecule has 2 fully saturated rings. The average Bonchev–Trinajstić information content (AvgIpc) is 3.17. The highest BCUT2D eigenvalue weighted by molar-refractivity contribution is 5.82. The molecule has 2 N–H and O–H groups in total. The maximum Gasteiger partial charge on any atom is 0.237 e. The number of nitrogens with one attached hydrogen (secondary N) is 2. The van der Waals surface area contributed by atoms with E-state index >= 15 is 0 Å². The van der Waals surface area contributed by atoms with Gasteiger partial charge in [-0.2, -0.15) is 4.98 Å². The third-order valence-electron chi connectivity index (χ3n) is 4.20. The smallest absolute Gasteiger partial charge is 0.237 e. The van der Waals surface area contributed by atoms with E-state index in [1.165, 1.54) is 6.39 Å². The molecule has 3 heterocycles. The molecule has 7 heteroatoms. The lowest BCUT2D eigenvalue weighted by Crippen LogP contribution is -2.50. The van der Waals surface area contributed by atoms with Crippen LogP contribution in [-0.2, 0) is 11.3 Å². The Labute approximate surface area is 118 Å².